The minimum atomic E-state index is -2.60. The standard InChI is InChI=1S/C8H7BrF2INO/c9-2-5-1-4(3-14)6(7(10)11)8(12)13-5/h1,7,14H,2-3H2. The molecule has 0 aliphatic carbocycles. The highest BCUT2D eigenvalue weighted by molar-refractivity contribution is 14.1. The Bertz CT molecular complexity index is 335. The normalized spacial score (nSPS) is 11.0. The van der Waals surface area contributed by atoms with Crippen LogP contribution in [0.25, 0.3) is 0 Å². The molecule has 0 atom stereocenters. The summed E-state index contributed by atoms with van der Waals surface area (Å²) in [4.78, 5) is 3.97. The molecule has 0 saturated carbocycles. The average Bonchev–Trinajstić information content (AvgIpc) is 2.15. The van der Waals surface area contributed by atoms with Gasteiger partial charge in [-0.1, -0.05) is 15.9 Å². The molecular weight excluding hydrogens is 371 g/mol. The summed E-state index contributed by atoms with van der Waals surface area (Å²) in [6.07, 6.45) is -2.60. The van der Waals surface area contributed by atoms with E-state index < -0.39 is 13.0 Å². The van der Waals surface area contributed by atoms with Crippen LogP contribution in [-0.4, -0.2) is 10.1 Å². The molecule has 0 bridgehead atoms. The number of nitrogens with zero attached hydrogens (tertiary/aromatic N) is 1. The first-order chi connectivity index (χ1) is 6.60. The van der Waals surface area contributed by atoms with Crippen molar-refractivity contribution in [2.75, 3.05) is 0 Å². The second-order valence-electron chi connectivity index (χ2n) is 2.57. The lowest BCUT2D eigenvalue weighted by Crippen LogP contribution is -2.03. The Labute approximate surface area is 102 Å². The summed E-state index contributed by atoms with van der Waals surface area (Å²) < 4.78 is 25.3. The molecule has 78 valence electrons. The molecule has 0 amide bonds. The predicted molar refractivity (Wildman–Crippen MR) is 60.5 cm³/mol. The average molecular weight is 378 g/mol. The lowest BCUT2D eigenvalue weighted by molar-refractivity contribution is 0.145. The Balaban J connectivity index is 3.27. The minimum absolute atomic E-state index is 0.169. The highest BCUT2D eigenvalue weighted by Crippen LogP contribution is 2.28. The van der Waals surface area contributed by atoms with E-state index in [2.05, 4.69) is 20.9 Å². The molecule has 0 aromatic carbocycles. The van der Waals surface area contributed by atoms with Crippen molar-refractivity contribution in [3.63, 3.8) is 0 Å². The van der Waals surface area contributed by atoms with Gasteiger partial charge in [0.15, 0.2) is 0 Å². The van der Waals surface area contributed by atoms with Crippen molar-refractivity contribution in [2.24, 2.45) is 0 Å². The number of aromatic nitrogens is 1. The third kappa shape index (κ3) is 2.60. The predicted octanol–water partition coefficient (Wildman–Crippen LogP) is 3.01. The molecule has 0 aliphatic rings. The van der Waals surface area contributed by atoms with Crippen LogP contribution in [0.1, 0.15) is 23.2 Å². The van der Waals surface area contributed by atoms with Gasteiger partial charge in [0.25, 0.3) is 6.43 Å². The van der Waals surface area contributed by atoms with Gasteiger partial charge >= 0.3 is 0 Å². The zero-order valence-electron chi connectivity index (χ0n) is 6.98. The minimum Gasteiger partial charge on any atom is -0.392 e. The van der Waals surface area contributed by atoms with E-state index in [9.17, 15) is 8.78 Å². The summed E-state index contributed by atoms with van der Waals surface area (Å²) in [6, 6.07) is 1.48. The maximum Gasteiger partial charge on any atom is 0.266 e. The first-order valence-electron chi connectivity index (χ1n) is 3.73. The van der Waals surface area contributed by atoms with Gasteiger partial charge in [-0.3, -0.25) is 0 Å². The third-order valence-electron chi connectivity index (χ3n) is 1.68. The Kier molecular flexibility index (Phi) is 4.65. The van der Waals surface area contributed by atoms with E-state index in [0.717, 1.165) is 0 Å². The van der Waals surface area contributed by atoms with Crippen molar-refractivity contribution in [1.29, 1.82) is 0 Å². The first-order valence-corrected chi connectivity index (χ1v) is 5.93. The van der Waals surface area contributed by atoms with Crippen LogP contribution in [-0.2, 0) is 11.9 Å². The van der Waals surface area contributed by atoms with E-state index in [1.54, 1.807) is 22.6 Å². The van der Waals surface area contributed by atoms with Gasteiger partial charge in [0.05, 0.1) is 17.9 Å². The van der Waals surface area contributed by atoms with E-state index in [-0.39, 0.29) is 14.8 Å². The van der Waals surface area contributed by atoms with E-state index in [1.807, 2.05) is 0 Å². The Hall–Kier alpha value is 0.180. The summed E-state index contributed by atoms with van der Waals surface area (Å²) in [5.74, 6) is 0. The van der Waals surface area contributed by atoms with Crippen molar-refractivity contribution >= 4 is 38.5 Å². The number of halogens is 4. The number of pyridine rings is 1. The Morgan fingerprint density at radius 1 is 1.57 bits per heavy atom. The van der Waals surface area contributed by atoms with Gasteiger partial charge < -0.3 is 5.11 Å². The molecule has 14 heavy (non-hydrogen) atoms. The van der Waals surface area contributed by atoms with Crippen LogP contribution in [0.3, 0.4) is 0 Å². The maximum atomic E-state index is 12.5. The highest BCUT2D eigenvalue weighted by atomic mass is 127. The van der Waals surface area contributed by atoms with Gasteiger partial charge in [-0.15, -0.1) is 0 Å². The molecule has 0 saturated heterocycles. The third-order valence-corrected chi connectivity index (χ3v) is 3.07. The zero-order valence-corrected chi connectivity index (χ0v) is 10.7. The molecular formula is C8H7BrF2INO. The molecule has 1 N–H and O–H groups in total. The molecule has 1 aromatic heterocycles. The first kappa shape index (κ1) is 12.3. The second-order valence-corrected chi connectivity index (χ2v) is 4.15. The molecule has 6 heteroatoms. The van der Waals surface area contributed by atoms with Crippen LogP contribution >= 0.6 is 38.5 Å². The van der Waals surface area contributed by atoms with E-state index in [4.69, 9.17) is 5.11 Å². The lowest BCUT2D eigenvalue weighted by atomic mass is 10.1. The lowest BCUT2D eigenvalue weighted by Gasteiger charge is -2.09. The molecule has 2 nitrogen and oxygen atoms in total. The molecule has 0 radical (unpaired) electrons. The fraction of sp³-hybridized carbons (Fsp3) is 0.375. The largest absolute Gasteiger partial charge is 0.392 e. The topological polar surface area (TPSA) is 33.1 Å². The zero-order chi connectivity index (χ0) is 10.7. The molecule has 1 heterocycles. The number of aliphatic hydroxyl groups excluding tert-OH is 1. The number of aliphatic hydroxyl groups is 1. The number of hydrogen-bond acceptors (Lipinski definition) is 2. The van der Waals surface area contributed by atoms with Crippen molar-refractivity contribution < 1.29 is 13.9 Å². The molecule has 0 spiro atoms. The fourth-order valence-corrected chi connectivity index (χ4v) is 2.24. The van der Waals surface area contributed by atoms with Gasteiger partial charge in [-0.25, -0.2) is 13.8 Å². The quantitative estimate of drug-likeness (QED) is 0.499. The molecule has 0 fully saturated rings. The highest BCUT2D eigenvalue weighted by Gasteiger charge is 2.18. The van der Waals surface area contributed by atoms with Crippen LogP contribution in [0.2, 0.25) is 0 Å². The van der Waals surface area contributed by atoms with Crippen LogP contribution in [0.5, 0.6) is 0 Å². The number of rotatable bonds is 3. The van der Waals surface area contributed by atoms with Crippen LogP contribution in [0.15, 0.2) is 6.07 Å². The SMILES string of the molecule is OCc1cc(CBr)nc(I)c1C(F)F. The molecule has 1 aromatic rings. The summed E-state index contributed by atoms with van der Waals surface area (Å²) >= 11 is 4.93. The van der Waals surface area contributed by atoms with E-state index >= 15 is 0 Å². The fourth-order valence-electron chi connectivity index (χ4n) is 1.06. The smallest absolute Gasteiger partial charge is 0.266 e. The van der Waals surface area contributed by atoms with Crippen LogP contribution in [0, 0.1) is 3.70 Å². The van der Waals surface area contributed by atoms with Crippen molar-refractivity contribution in [2.45, 2.75) is 18.4 Å². The summed E-state index contributed by atoms with van der Waals surface area (Å²) in [7, 11) is 0. The van der Waals surface area contributed by atoms with Crippen LogP contribution in [0.4, 0.5) is 8.78 Å². The van der Waals surface area contributed by atoms with Crippen molar-refractivity contribution in [1.82, 2.24) is 4.98 Å². The molecule has 1 rings (SSSR count). The monoisotopic (exact) mass is 377 g/mol. The van der Waals surface area contributed by atoms with Gasteiger partial charge in [-0.05, 0) is 34.2 Å². The summed E-state index contributed by atoms with van der Waals surface area (Å²) in [5.41, 5.74) is 0.717. The van der Waals surface area contributed by atoms with Gasteiger partial charge in [-0.2, -0.15) is 0 Å². The molecule has 0 aliphatic heterocycles. The molecule has 0 unspecified atom stereocenters. The summed E-state index contributed by atoms with van der Waals surface area (Å²) in [5, 5.41) is 9.42. The second kappa shape index (κ2) is 5.32. The number of hydrogen-bond donors (Lipinski definition) is 1. The van der Waals surface area contributed by atoms with E-state index in [1.165, 1.54) is 6.07 Å². The van der Waals surface area contributed by atoms with Crippen molar-refractivity contribution in [3.8, 4) is 0 Å². The number of alkyl halides is 3. The summed E-state index contributed by atoms with van der Waals surface area (Å²) in [6.45, 7) is -0.391. The van der Waals surface area contributed by atoms with Gasteiger partial charge in [0.1, 0.15) is 3.70 Å². The van der Waals surface area contributed by atoms with Crippen molar-refractivity contribution in [3.05, 3.63) is 26.6 Å². The Morgan fingerprint density at radius 2 is 2.21 bits per heavy atom. The van der Waals surface area contributed by atoms with E-state index in [0.29, 0.717) is 11.0 Å². The maximum absolute atomic E-state index is 12.5. The van der Waals surface area contributed by atoms with Gasteiger partial charge in [0, 0.05) is 5.33 Å². The Morgan fingerprint density at radius 3 is 2.64 bits per heavy atom. The van der Waals surface area contributed by atoms with Gasteiger partial charge in [0.2, 0.25) is 0 Å². The van der Waals surface area contributed by atoms with Crippen LogP contribution < -0.4 is 0 Å².